The summed E-state index contributed by atoms with van der Waals surface area (Å²) in [7, 11) is 2.18. The van der Waals surface area contributed by atoms with Gasteiger partial charge in [-0.2, -0.15) is 0 Å². The molecule has 2 aromatic carbocycles. The van der Waals surface area contributed by atoms with E-state index in [1.807, 2.05) is 61.5 Å². The number of halogens is 2. The summed E-state index contributed by atoms with van der Waals surface area (Å²) in [4.78, 5) is 4.23. The first kappa shape index (κ1) is 21.0. The Labute approximate surface area is 182 Å². The maximum Gasteiger partial charge on any atom is 0.268 e. The Hall–Kier alpha value is -1.77. The van der Waals surface area contributed by atoms with E-state index in [0.29, 0.717) is 12.1 Å². The molecule has 0 fully saturated rings. The molecule has 0 unspecified atom stereocenters. The van der Waals surface area contributed by atoms with Crippen LogP contribution in [0.3, 0.4) is 0 Å². The van der Waals surface area contributed by atoms with Gasteiger partial charge in [-0.15, -0.1) is 0 Å². The Morgan fingerprint density at radius 3 is 2.25 bits per heavy atom. The minimum atomic E-state index is -3.70. The fourth-order valence-electron chi connectivity index (χ4n) is 2.85. The van der Waals surface area contributed by atoms with Gasteiger partial charge in [0.05, 0.1) is 10.4 Å². The molecule has 5 nitrogen and oxygen atoms in total. The van der Waals surface area contributed by atoms with Gasteiger partial charge in [-0.05, 0) is 48.0 Å². The second-order valence-electron chi connectivity index (χ2n) is 6.75. The van der Waals surface area contributed by atoms with E-state index in [1.54, 1.807) is 30.5 Å². The van der Waals surface area contributed by atoms with E-state index in [9.17, 15) is 8.42 Å². The second-order valence-corrected chi connectivity index (χ2v) is 10.4. The smallest absolute Gasteiger partial charge is 0.268 e. The Balaban J connectivity index is 2.10. The van der Waals surface area contributed by atoms with Crippen molar-refractivity contribution in [3.05, 3.63) is 75.6 Å². The molecule has 0 bridgehead atoms. The van der Waals surface area contributed by atoms with Crippen LogP contribution in [0.1, 0.15) is 5.56 Å². The minimum Gasteiger partial charge on any atom is -0.382 e. The zero-order valence-corrected chi connectivity index (χ0v) is 19.8. The summed E-state index contributed by atoms with van der Waals surface area (Å²) in [5, 5.41) is 0.903. The molecule has 0 atom stereocenters. The van der Waals surface area contributed by atoms with Crippen molar-refractivity contribution in [2.24, 2.45) is 0 Å². The zero-order valence-electron chi connectivity index (χ0n) is 15.8. The molecule has 1 aromatic heterocycles. The highest BCUT2D eigenvalue weighted by Crippen LogP contribution is 2.29. The molecule has 0 spiro atoms. The summed E-state index contributed by atoms with van der Waals surface area (Å²) in [6.45, 7) is 0.583. The number of hydrogen-bond acceptors (Lipinski definition) is 4. The van der Waals surface area contributed by atoms with Crippen molar-refractivity contribution in [3.63, 3.8) is 0 Å². The van der Waals surface area contributed by atoms with Gasteiger partial charge in [0.25, 0.3) is 10.0 Å². The highest BCUT2D eigenvalue weighted by Gasteiger charge is 2.21. The van der Waals surface area contributed by atoms with E-state index < -0.39 is 10.0 Å². The molecule has 148 valence electrons. The predicted octanol–water partition coefficient (Wildman–Crippen LogP) is 4.87. The fraction of sp³-hybridized carbons (Fsp3) is 0.200. The third-order valence-corrected chi connectivity index (χ3v) is 6.93. The summed E-state index contributed by atoms with van der Waals surface area (Å²) in [5.41, 5.74) is 1.59. The van der Waals surface area contributed by atoms with Crippen LogP contribution in [0.2, 0.25) is 0 Å². The molecule has 0 radical (unpaired) electrons. The molecule has 3 rings (SSSR count). The molecular formula is C20H21Br2N3O2S. The van der Waals surface area contributed by atoms with Crippen LogP contribution < -0.4 is 0 Å². The number of benzene rings is 2. The lowest BCUT2D eigenvalue weighted by Crippen LogP contribution is -2.13. The van der Waals surface area contributed by atoms with Gasteiger partial charge < -0.3 is 9.80 Å². The Bertz CT molecular complexity index is 1120. The van der Waals surface area contributed by atoms with Crippen molar-refractivity contribution in [1.82, 2.24) is 13.8 Å². The van der Waals surface area contributed by atoms with Crippen molar-refractivity contribution in [3.8, 4) is 0 Å². The predicted molar refractivity (Wildman–Crippen MR) is 121 cm³/mol. The minimum absolute atomic E-state index is 0.253. The van der Waals surface area contributed by atoms with E-state index in [2.05, 4.69) is 31.9 Å². The van der Waals surface area contributed by atoms with Crippen molar-refractivity contribution < 1.29 is 8.42 Å². The highest BCUT2D eigenvalue weighted by atomic mass is 79.9. The Morgan fingerprint density at radius 1 is 0.964 bits per heavy atom. The number of nitrogens with zero attached hydrogens (tertiary/aromatic N) is 3. The van der Waals surface area contributed by atoms with Gasteiger partial charge in [-0.25, -0.2) is 12.4 Å². The van der Waals surface area contributed by atoms with Crippen LogP contribution in [0, 0.1) is 0 Å². The van der Waals surface area contributed by atoms with E-state index in [0.717, 1.165) is 19.9 Å². The normalized spacial score (nSPS) is 12.0. The van der Waals surface area contributed by atoms with Gasteiger partial charge in [0, 0.05) is 60.6 Å². The third-order valence-electron chi connectivity index (χ3n) is 4.22. The van der Waals surface area contributed by atoms with Crippen molar-refractivity contribution in [1.29, 1.82) is 0 Å². The lowest BCUT2D eigenvalue weighted by molar-refractivity contribution is 0.436. The first-order chi connectivity index (χ1) is 13.2. The molecular weight excluding hydrogens is 506 g/mol. The molecule has 8 heteroatoms. The van der Waals surface area contributed by atoms with Crippen LogP contribution in [0.4, 0.5) is 0 Å². The molecule has 0 aliphatic rings. The highest BCUT2D eigenvalue weighted by molar-refractivity contribution is 9.10. The zero-order chi connectivity index (χ0) is 20.5. The van der Waals surface area contributed by atoms with Crippen LogP contribution in [-0.2, 0) is 16.6 Å². The van der Waals surface area contributed by atoms with E-state index in [4.69, 9.17) is 0 Å². The SMILES string of the molecule is CN(C)C=CN(C)Cc1cn(S(=O)(=O)c2ccc(Br)cc2)c2ccc(Br)cc12. The standard InChI is InChI=1S/C20H21Br2N3O2S/c1-23(2)10-11-24(3)13-15-14-25(20-9-6-17(22)12-19(15)20)28(26,27)18-7-4-16(21)5-8-18/h4-12,14H,13H2,1-3H3. The monoisotopic (exact) mass is 525 g/mol. The Kier molecular flexibility index (Phi) is 6.21. The van der Waals surface area contributed by atoms with Crippen LogP contribution >= 0.6 is 31.9 Å². The number of aromatic nitrogens is 1. The van der Waals surface area contributed by atoms with E-state index in [1.165, 1.54) is 3.97 Å². The lowest BCUT2D eigenvalue weighted by atomic mass is 10.2. The number of rotatable bonds is 6. The average Bonchev–Trinajstić information content (AvgIpc) is 2.99. The molecule has 0 saturated heterocycles. The second kappa shape index (κ2) is 8.31. The molecule has 0 aliphatic carbocycles. The lowest BCUT2D eigenvalue weighted by Gasteiger charge is -2.15. The van der Waals surface area contributed by atoms with Gasteiger partial charge in [0.15, 0.2) is 0 Å². The molecule has 0 saturated carbocycles. The Morgan fingerprint density at radius 2 is 1.61 bits per heavy atom. The topological polar surface area (TPSA) is 45.5 Å². The number of hydrogen-bond donors (Lipinski definition) is 0. The molecule has 0 N–H and O–H groups in total. The largest absolute Gasteiger partial charge is 0.382 e. The molecule has 3 aromatic rings. The van der Waals surface area contributed by atoms with Crippen molar-refractivity contribution in [2.45, 2.75) is 11.4 Å². The van der Waals surface area contributed by atoms with Crippen LogP contribution in [0.5, 0.6) is 0 Å². The van der Waals surface area contributed by atoms with E-state index >= 15 is 0 Å². The van der Waals surface area contributed by atoms with Gasteiger partial charge in [-0.3, -0.25) is 0 Å². The van der Waals surface area contributed by atoms with Gasteiger partial charge in [0.2, 0.25) is 0 Å². The summed E-state index contributed by atoms with van der Waals surface area (Å²) < 4.78 is 29.6. The first-order valence-electron chi connectivity index (χ1n) is 8.54. The molecule has 28 heavy (non-hydrogen) atoms. The molecule has 1 heterocycles. The third kappa shape index (κ3) is 4.45. The van der Waals surface area contributed by atoms with Crippen LogP contribution in [-0.4, -0.2) is 43.3 Å². The maximum atomic E-state index is 13.3. The van der Waals surface area contributed by atoms with Crippen molar-refractivity contribution >= 4 is 52.8 Å². The fourth-order valence-corrected chi connectivity index (χ4v) is 4.87. The maximum absolute atomic E-state index is 13.3. The summed E-state index contributed by atoms with van der Waals surface area (Å²) in [5.74, 6) is 0. The first-order valence-corrected chi connectivity index (χ1v) is 11.6. The summed E-state index contributed by atoms with van der Waals surface area (Å²) >= 11 is 6.85. The molecule has 0 amide bonds. The molecule has 0 aliphatic heterocycles. The van der Waals surface area contributed by atoms with Crippen LogP contribution in [0.15, 0.2) is 74.9 Å². The van der Waals surface area contributed by atoms with Crippen LogP contribution in [0.25, 0.3) is 10.9 Å². The summed E-state index contributed by atoms with van der Waals surface area (Å²) in [6.07, 6.45) is 5.63. The summed E-state index contributed by atoms with van der Waals surface area (Å²) in [6, 6.07) is 12.3. The van der Waals surface area contributed by atoms with E-state index in [-0.39, 0.29) is 4.90 Å². The van der Waals surface area contributed by atoms with Gasteiger partial charge in [0.1, 0.15) is 0 Å². The van der Waals surface area contributed by atoms with Gasteiger partial charge >= 0.3 is 0 Å². The average molecular weight is 527 g/mol. The van der Waals surface area contributed by atoms with Gasteiger partial charge in [-0.1, -0.05) is 31.9 Å². The number of fused-ring (bicyclic) bond motifs is 1. The van der Waals surface area contributed by atoms with Crippen molar-refractivity contribution in [2.75, 3.05) is 21.1 Å². The quantitative estimate of drug-likeness (QED) is 0.459.